The number of carbonyl (C=O) groups is 1. The summed E-state index contributed by atoms with van der Waals surface area (Å²) in [6.45, 7) is 1.35. The molecule has 0 saturated carbocycles. The number of hydrogen-bond donors (Lipinski definition) is 1. The van der Waals surface area contributed by atoms with Crippen molar-refractivity contribution < 1.29 is 14.5 Å². The molecule has 22 heavy (non-hydrogen) atoms. The Hall–Kier alpha value is -2.67. The Morgan fingerprint density at radius 1 is 1.45 bits per heavy atom. The van der Waals surface area contributed by atoms with Gasteiger partial charge in [0.25, 0.3) is 5.91 Å². The number of aromatic nitrogens is 1. The standard InChI is InChI=1S/C14H12ClN3O4/c1-9-4-5-12(11(7-9)18(20)21)22-8-13(19)17-10-3-2-6-16-14(10)15/h2-7H,8H2,1H3,(H,17,19). The second kappa shape index (κ2) is 6.86. The number of nitrogens with one attached hydrogen (secondary N) is 1. The maximum absolute atomic E-state index is 11.8. The molecule has 0 unspecified atom stereocenters. The van der Waals surface area contributed by atoms with E-state index in [2.05, 4.69) is 10.3 Å². The average Bonchev–Trinajstić information content (AvgIpc) is 2.48. The maximum Gasteiger partial charge on any atom is 0.311 e. The van der Waals surface area contributed by atoms with Gasteiger partial charge in [0.2, 0.25) is 0 Å². The van der Waals surface area contributed by atoms with E-state index in [1.165, 1.54) is 18.3 Å². The van der Waals surface area contributed by atoms with Crippen molar-refractivity contribution >= 4 is 28.9 Å². The predicted molar refractivity (Wildman–Crippen MR) is 81.2 cm³/mol. The summed E-state index contributed by atoms with van der Waals surface area (Å²) in [6, 6.07) is 7.70. The van der Waals surface area contributed by atoms with Gasteiger partial charge in [-0.15, -0.1) is 0 Å². The fraction of sp³-hybridized carbons (Fsp3) is 0.143. The Labute approximate surface area is 131 Å². The molecule has 7 nitrogen and oxygen atoms in total. The highest BCUT2D eigenvalue weighted by Crippen LogP contribution is 2.27. The molecule has 8 heteroatoms. The summed E-state index contributed by atoms with van der Waals surface area (Å²) in [6.07, 6.45) is 1.49. The highest BCUT2D eigenvalue weighted by molar-refractivity contribution is 6.32. The van der Waals surface area contributed by atoms with E-state index in [0.717, 1.165) is 5.56 Å². The molecule has 0 aliphatic heterocycles. The molecule has 114 valence electrons. The van der Waals surface area contributed by atoms with Crippen molar-refractivity contribution in [1.29, 1.82) is 0 Å². The Morgan fingerprint density at radius 2 is 2.23 bits per heavy atom. The van der Waals surface area contributed by atoms with Gasteiger partial charge in [-0.2, -0.15) is 0 Å². The minimum atomic E-state index is -0.557. The molecule has 1 amide bonds. The first-order chi connectivity index (χ1) is 10.5. The molecule has 0 aliphatic rings. The van der Waals surface area contributed by atoms with Crippen LogP contribution in [0.1, 0.15) is 5.56 Å². The van der Waals surface area contributed by atoms with Crippen LogP contribution in [-0.2, 0) is 4.79 Å². The number of hydrogen-bond acceptors (Lipinski definition) is 5. The van der Waals surface area contributed by atoms with Crippen LogP contribution in [0, 0.1) is 17.0 Å². The molecule has 0 atom stereocenters. The fourth-order valence-electron chi connectivity index (χ4n) is 1.70. The number of amides is 1. The van der Waals surface area contributed by atoms with E-state index in [1.807, 2.05) is 0 Å². The quantitative estimate of drug-likeness (QED) is 0.519. The van der Waals surface area contributed by atoms with Gasteiger partial charge < -0.3 is 10.1 Å². The number of anilines is 1. The van der Waals surface area contributed by atoms with Gasteiger partial charge in [0.05, 0.1) is 10.6 Å². The van der Waals surface area contributed by atoms with Crippen LogP contribution in [0.2, 0.25) is 5.15 Å². The monoisotopic (exact) mass is 321 g/mol. The van der Waals surface area contributed by atoms with Gasteiger partial charge in [-0.3, -0.25) is 14.9 Å². The van der Waals surface area contributed by atoms with E-state index in [9.17, 15) is 14.9 Å². The van der Waals surface area contributed by atoms with Gasteiger partial charge in [0.1, 0.15) is 0 Å². The highest BCUT2D eigenvalue weighted by Gasteiger charge is 2.16. The first kappa shape index (κ1) is 15.7. The molecule has 0 radical (unpaired) electrons. The molecule has 0 saturated heterocycles. The van der Waals surface area contributed by atoms with Gasteiger partial charge in [0.15, 0.2) is 17.5 Å². The number of nitrogens with zero attached hydrogens (tertiary/aromatic N) is 2. The Kier molecular flexibility index (Phi) is 4.90. The molecule has 1 aromatic carbocycles. The number of carbonyl (C=O) groups excluding carboxylic acids is 1. The molecule has 0 bridgehead atoms. The van der Waals surface area contributed by atoms with Gasteiger partial charge in [-0.05, 0) is 30.7 Å². The second-order valence-corrected chi connectivity index (χ2v) is 4.76. The molecule has 2 rings (SSSR count). The third kappa shape index (κ3) is 3.92. The third-order valence-electron chi connectivity index (χ3n) is 2.70. The summed E-state index contributed by atoms with van der Waals surface area (Å²) >= 11 is 5.81. The van der Waals surface area contributed by atoms with E-state index >= 15 is 0 Å². The summed E-state index contributed by atoms with van der Waals surface area (Å²) in [5.41, 5.74) is 0.883. The summed E-state index contributed by atoms with van der Waals surface area (Å²) in [5.74, 6) is -0.465. The molecule has 0 fully saturated rings. The van der Waals surface area contributed by atoms with Crippen LogP contribution < -0.4 is 10.1 Å². The van der Waals surface area contributed by atoms with Crippen molar-refractivity contribution in [2.45, 2.75) is 6.92 Å². The number of rotatable bonds is 5. The van der Waals surface area contributed by atoms with E-state index in [0.29, 0.717) is 5.69 Å². The second-order valence-electron chi connectivity index (χ2n) is 4.41. The summed E-state index contributed by atoms with van der Waals surface area (Å²) < 4.78 is 5.21. The van der Waals surface area contributed by atoms with Crippen LogP contribution in [0.5, 0.6) is 5.75 Å². The van der Waals surface area contributed by atoms with Crippen molar-refractivity contribution in [2.24, 2.45) is 0 Å². The van der Waals surface area contributed by atoms with Crippen molar-refractivity contribution in [3.8, 4) is 5.75 Å². The van der Waals surface area contributed by atoms with Gasteiger partial charge >= 0.3 is 5.69 Å². The zero-order chi connectivity index (χ0) is 16.1. The summed E-state index contributed by atoms with van der Waals surface area (Å²) in [7, 11) is 0. The minimum Gasteiger partial charge on any atom is -0.477 e. The first-order valence-corrected chi connectivity index (χ1v) is 6.63. The zero-order valence-electron chi connectivity index (χ0n) is 11.6. The van der Waals surface area contributed by atoms with Gasteiger partial charge in [-0.25, -0.2) is 4.98 Å². The average molecular weight is 322 g/mol. The Bertz CT molecular complexity index is 721. The maximum atomic E-state index is 11.8. The van der Waals surface area contributed by atoms with Crippen molar-refractivity contribution in [3.05, 3.63) is 57.4 Å². The fourth-order valence-corrected chi connectivity index (χ4v) is 1.87. The van der Waals surface area contributed by atoms with Gasteiger partial charge in [-0.1, -0.05) is 17.7 Å². The van der Waals surface area contributed by atoms with E-state index in [4.69, 9.17) is 16.3 Å². The molecular weight excluding hydrogens is 310 g/mol. The topological polar surface area (TPSA) is 94.4 Å². The number of aryl methyl sites for hydroxylation is 1. The molecule has 1 heterocycles. The Balaban J connectivity index is 2.03. The smallest absolute Gasteiger partial charge is 0.311 e. The number of halogens is 1. The van der Waals surface area contributed by atoms with E-state index in [1.54, 1.807) is 25.1 Å². The van der Waals surface area contributed by atoms with Crippen LogP contribution in [0.3, 0.4) is 0 Å². The lowest BCUT2D eigenvalue weighted by atomic mass is 10.2. The van der Waals surface area contributed by atoms with Crippen molar-refractivity contribution in [2.75, 3.05) is 11.9 Å². The summed E-state index contributed by atoms with van der Waals surface area (Å²) in [5, 5.41) is 13.6. The molecule has 0 aliphatic carbocycles. The lowest BCUT2D eigenvalue weighted by molar-refractivity contribution is -0.385. The minimum absolute atomic E-state index is 0.0306. The number of nitro groups is 1. The number of ether oxygens (including phenoxy) is 1. The number of benzene rings is 1. The third-order valence-corrected chi connectivity index (χ3v) is 3.00. The predicted octanol–water partition coefficient (Wildman–Crippen LogP) is 2.97. The van der Waals surface area contributed by atoms with Crippen LogP contribution >= 0.6 is 11.6 Å². The van der Waals surface area contributed by atoms with Crippen LogP contribution in [0.15, 0.2) is 36.5 Å². The molecule has 0 spiro atoms. The zero-order valence-corrected chi connectivity index (χ0v) is 12.3. The van der Waals surface area contributed by atoms with Crippen LogP contribution in [0.4, 0.5) is 11.4 Å². The SMILES string of the molecule is Cc1ccc(OCC(=O)Nc2cccnc2Cl)c([N+](=O)[O-])c1. The molecule has 1 aromatic heterocycles. The molecular formula is C14H12ClN3O4. The van der Waals surface area contributed by atoms with Crippen molar-refractivity contribution in [1.82, 2.24) is 4.98 Å². The lowest BCUT2D eigenvalue weighted by Crippen LogP contribution is -2.20. The highest BCUT2D eigenvalue weighted by atomic mass is 35.5. The van der Waals surface area contributed by atoms with Crippen LogP contribution in [0.25, 0.3) is 0 Å². The van der Waals surface area contributed by atoms with Crippen molar-refractivity contribution in [3.63, 3.8) is 0 Å². The largest absolute Gasteiger partial charge is 0.477 e. The first-order valence-electron chi connectivity index (χ1n) is 6.25. The van der Waals surface area contributed by atoms with Gasteiger partial charge in [0, 0.05) is 12.3 Å². The van der Waals surface area contributed by atoms with E-state index in [-0.39, 0.29) is 23.2 Å². The number of pyridine rings is 1. The summed E-state index contributed by atoms with van der Waals surface area (Å²) in [4.78, 5) is 26.0. The normalized spacial score (nSPS) is 10.1. The number of nitro benzene ring substituents is 1. The Morgan fingerprint density at radius 3 is 2.91 bits per heavy atom. The molecule has 2 aromatic rings. The molecule has 1 N–H and O–H groups in total. The van der Waals surface area contributed by atoms with E-state index < -0.39 is 10.8 Å². The van der Waals surface area contributed by atoms with Crippen LogP contribution in [-0.4, -0.2) is 22.4 Å². The lowest BCUT2D eigenvalue weighted by Gasteiger charge is -2.08.